The zero-order valence-corrected chi connectivity index (χ0v) is 15.3. The van der Waals surface area contributed by atoms with Crippen molar-refractivity contribution in [2.75, 3.05) is 7.05 Å². The number of hydrogen-bond donors (Lipinski definition) is 2. The van der Waals surface area contributed by atoms with Crippen LogP contribution in [0.15, 0.2) is 75.4 Å². The molecule has 3 aromatic carbocycles. The number of carboxylic acid groups (broad SMARTS) is 1. The fourth-order valence-corrected chi connectivity index (χ4v) is 5.50. The standard InChI is InChI=1S/C18H15NO5S2/c1-19-26(23,24)17-13-7-3-2-6-12(13)10-11-16(17)25(22)15-9-5-4-8-14(15)18(20)21/h2-11,19H,1H3,(H,20,21)/t25-/m0/s1. The van der Waals surface area contributed by atoms with Crippen molar-refractivity contribution in [1.82, 2.24) is 4.72 Å². The zero-order valence-electron chi connectivity index (χ0n) is 13.7. The van der Waals surface area contributed by atoms with Gasteiger partial charge in [0.25, 0.3) is 0 Å². The number of aromatic carboxylic acids is 1. The summed E-state index contributed by atoms with van der Waals surface area (Å²) >= 11 is 0. The topological polar surface area (TPSA) is 101 Å². The molecule has 0 aliphatic heterocycles. The fraction of sp³-hybridized carbons (Fsp3) is 0.0556. The number of benzene rings is 3. The number of hydrogen-bond acceptors (Lipinski definition) is 4. The maximum atomic E-state index is 13.2. The van der Waals surface area contributed by atoms with Gasteiger partial charge in [-0.25, -0.2) is 22.1 Å². The van der Waals surface area contributed by atoms with E-state index in [1.54, 1.807) is 36.4 Å². The van der Waals surface area contributed by atoms with Crippen LogP contribution in [-0.4, -0.2) is 30.8 Å². The van der Waals surface area contributed by atoms with E-state index in [4.69, 9.17) is 0 Å². The number of fused-ring (bicyclic) bond motifs is 1. The molecular weight excluding hydrogens is 374 g/mol. The maximum absolute atomic E-state index is 13.2. The van der Waals surface area contributed by atoms with Crippen LogP contribution < -0.4 is 4.72 Å². The first-order valence-corrected chi connectivity index (χ1v) is 10.2. The minimum absolute atomic E-state index is 0.0340. The predicted molar refractivity (Wildman–Crippen MR) is 98.3 cm³/mol. The predicted octanol–water partition coefficient (Wildman–Crippen LogP) is 2.61. The second-order valence-corrected chi connectivity index (χ2v) is 8.63. The van der Waals surface area contributed by atoms with Crippen LogP contribution in [0.3, 0.4) is 0 Å². The summed E-state index contributed by atoms with van der Waals surface area (Å²) in [5.41, 5.74) is -0.133. The highest BCUT2D eigenvalue weighted by Gasteiger charge is 2.26. The SMILES string of the molecule is CNS(=O)(=O)c1c([S@@](=O)c2ccccc2C(=O)O)ccc2ccccc12. The first-order valence-electron chi connectivity index (χ1n) is 7.56. The Kier molecular flexibility index (Phi) is 4.90. The van der Waals surface area contributed by atoms with Crippen molar-refractivity contribution in [3.8, 4) is 0 Å². The highest BCUT2D eigenvalue weighted by atomic mass is 32.2. The van der Waals surface area contributed by atoms with E-state index in [-0.39, 0.29) is 20.2 Å². The number of carboxylic acids is 1. The van der Waals surface area contributed by atoms with Gasteiger partial charge in [-0.05, 0) is 30.6 Å². The molecule has 0 bridgehead atoms. The fourth-order valence-electron chi connectivity index (χ4n) is 2.67. The van der Waals surface area contributed by atoms with Crippen LogP contribution in [0.5, 0.6) is 0 Å². The van der Waals surface area contributed by atoms with E-state index in [0.29, 0.717) is 10.8 Å². The van der Waals surface area contributed by atoms with E-state index in [9.17, 15) is 22.5 Å². The molecule has 0 fully saturated rings. The summed E-state index contributed by atoms with van der Waals surface area (Å²) in [6.45, 7) is 0. The molecule has 8 heteroatoms. The molecule has 0 aromatic heterocycles. The average molecular weight is 389 g/mol. The van der Waals surface area contributed by atoms with Crippen molar-refractivity contribution in [1.29, 1.82) is 0 Å². The first kappa shape index (κ1) is 18.2. The largest absolute Gasteiger partial charge is 0.478 e. The van der Waals surface area contributed by atoms with E-state index in [0.717, 1.165) is 0 Å². The molecule has 0 aliphatic carbocycles. The molecule has 0 aliphatic rings. The van der Waals surface area contributed by atoms with Gasteiger partial charge in [0.1, 0.15) is 4.90 Å². The van der Waals surface area contributed by atoms with E-state index in [2.05, 4.69) is 4.72 Å². The van der Waals surface area contributed by atoms with Gasteiger partial charge in [-0.1, -0.05) is 42.5 Å². The second kappa shape index (κ2) is 6.99. The smallest absolute Gasteiger partial charge is 0.336 e. The van der Waals surface area contributed by atoms with Gasteiger partial charge in [0.15, 0.2) is 0 Å². The van der Waals surface area contributed by atoms with Crippen molar-refractivity contribution in [2.24, 2.45) is 0 Å². The number of nitrogens with one attached hydrogen (secondary N) is 1. The van der Waals surface area contributed by atoms with Gasteiger partial charge < -0.3 is 5.11 Å². The molecule has 134 valence electrons. The number of rotatable bonds is 5. The van der Waals surface area contributed by atoms with Crippen LogP contribution in [-0.2, 0) is 20.8 Å². The van der Waals surface area contributed by atoms with E-state index in [1.165, 1.54) is 31.3 Å². The molecule has 1 atom stereocenters. The van der Waals surface area contributed by atoms with Gasteiger partial charge in [0.2, 0.25) is 10.0 Å². The Morgan fingerprint density at radius 2 is 1.62 bits per heavy atom. The molecule has 0 spiro atoms. The van der Waals surface area contributed by atoms with E-state index in [1.807, 2.05) is 0 Å². The minimum Gasteiger partial charge on any atom is -0.478 e. The molecule has 0 radical (unpaired) electrons. The van der Waals surface area contributed by atoms with Gasteiger partial charge >= 0.3 is 5.97 Å². The van der Waals surface area contributed by atoms with Crippen LogP contribution in [0, 0.1) is 0 Å². The molecular formula is C18H15NO5S2. The highest BCUT2D eigenvalue weighted by Crippen LogP contribution is 2.32. The molecule has 0 saturated carbocycles. The Hall–Kier alpha value is -2.55. The minimum atomic E-state index is -3.93. The van der Waals surface area contributed by atoms with E-state index < -0.39 is 26.8 Å². The van der Waals surface area contributed by atoms with Crippen molar-refractivity contribution in [2.45, 2.75) is 14.7 Å². The summed E-state index contributed by atoms with van der Waals surface area (Å²) < 4.78 is 40.7. The van der Waals surface area contributed by atoms with Crippen molar-refractivity contribution < 1.29 is 22.5 Å². The Morgan fingerprint density at radius 1 is 0.962 bits per heavy atom. The van der Waals surface area contributed by atoms with Crippen molar-refractivity contribution >= 4 is 37.6 Å². The Morgan fingerprint density at radius 3 is 2.31 bits per heavy atom. The Labute approximate surface area is 153 Å². The lowest BCUT2D eigenvalue weighted by atomic mass is 10.1. The molecule has 0 heterocycles. The van der Waals surface area contributed by atoms with Crippen LogP contribution in [0.4, 0.5) is 0 Å². The van der Waals surface area contributed by atoms with Gasteiger partial charge in [-0.15, -0.1) is 0 Å². The Balaban J connectivity index is 2.35. The monoisotopic (exact) mass is 389 g/mol. The summed E-state index contributed by atoms with van der Waals surface area (Å²) in [4.78, 5) is 11.4. The first-order chi connectivity index (χ1) is 12.4. The molecule has 0 saturated heterocycles. The lowest BCUT2D eigenvalue weighted by Crippen LogP contribution is -2.21. The highest BCUT2D eigenvalue weighted by molar-refractivity contribution is 7.91. The van der Waals surface area contributed by atoms with Crippen molar-refractivity contribution in [3.63, 3.8) is 0 Å². The van der Waals surface area contributed by atoms with Gasteiger partial charge in [-0.2, -0.15) is 0 Å². The summed E-state index contributed by atoms with van der Waals surface area (Å²) in [6.07, 6.45) is 0. The van der Waals surface area contributed by atoms with Gasteiger partial charge in [0, 0.05) is 5.39 Å². The lowest BCUT2D eigenvalue weighted by Gasteiger charge is -2.14. The molecule has 2 N–H and O–H groups in total. The average Bonchev–Trinajstić information content (AvgIpc) is 2.66. The van der Waals surface area contributed by atoms with Crippen LogP contribution in [0.1, 0.15) is 10.4 Å². The molecule has 3 rings (SSSR count). The second-order valence-electron chi connectivity index (χ2n) is 5.39. The quantitative estimate of drug-likeness (QED) is 0.699. The third kappa shape index (κ3) is 3.14. The molecule has 26 heavy (non-hydrogen) atoms. The van der Waals surface area contributed by atoms with E-state index >= 15 is 0 Å². The van der Waals surface area contributed by atoms with Gasteiger partial charge in [0.05, 0.1) is 26.2 Å². The zero-order chi connectivity index (χ0) is 18.9. The van der Waals surface area contributed by atoms with Crippen LogP contribution in [0.25, 0.3) is 10.8 Å². The van der Waals surface area contributed by atoms with Crippen LogP contribution in [0.2, 0.25) is 0 Å². The summed E-state index contributed by atoms with van der Waals surface area (Å²) in [5, 5.41) is 10.4. The Bertz CT molecular complexity index is 1140. The molecule has 0 amide bonds. The number of sulfonamides is 1. The molecule has 0 unspecified atom stereocenters. The van der Waals surface area contributed by atoms with Crippen molar-refractivity contribution in [3.05, 3.63) is 66.2 Å². The molecule has 6 nitrogen and oxygen atoms in total. The van der Waals surface area contributed by atoms with Gasteiger partial charge in [-0.3, -0.25) is 0 Å². The third-order valence-corrected chi connectivity index (χ3v) is 7.04. The maximum Gasteiger partial charge on any atom is 0.336 e. The normalized spacial score (nSPS) is 12.8. The van der Waals surface area contributed by atoms with Crippen LogP contribution >= 0.6 is 0 Å². The summed E-state index contributed by atoms with van der Waals surface area (Å²) in [7, 11) is -4.65. The summed E-state index contributed by atoms with van der Waals surface area (Å²) in [6, 6.07) is 15.8. The third-order valence-electron chi connectivity index (χ3n) is 3.90. The lowest BCUT2D eigenvalue weighted by molar-refractivity contribution is 0.0693. The summed E-state index contributed by atoms with van der Waals surface area (Å²) in [5.74, 6) is -1.23. The number of carbonyl (C=O) groups is 1. The molecule has 3 aromatic rings.